The zero-order valence-corrected chi connectivity index (χ0v) is 17.7. The molecule has 10 nitrogen and oxygen atoms in total. The molecule has 1 aliphatic carbocycles. The van der Waals surface area contributed by atoms with Gasteiger partial charge in [-0.15, -0.1) is 0 Å². The molecule has 0 aromatic carbocycles. The van der Waals surface area contributed by atoms with E-state index in [0.717, 1.165) is 24.2 Å². The van der Waals surface area contributed by atoms with E-state index in [1.165, 1.54) is 11.9 Å². The van der Waals surface area contributed by atoms with E-state index >= 15 is 0 Å². The van der Waals surface area contributed by atoms with E-state index in [2.05, 4.69) is 5.32 Å². The summed E-state index contributed by atoms with van der Waals surface area (Å²) in [5, 5.41) is 12.0. The lowest BCUT2D eigenvalue weighted by Gasteiger charge is -2.29. The first-order valence-corrected chi connectivity index (χ1v) is 10.7. The maximum Gasteiger partial charge on any atom is 0.405 e. The standard InChI is InChI=1S/C21H29N5O5/c1-25(13-22)19(29)21-12-14(21)8-5-3-2-4-6-10-16(31-20(23)30)18(28)26-11-7-9-15(26)17(27)24-21/h5,8,14-16H,2-4,6-7,9-12H2,1H3,(H2,23,30)(H,24,27)/b8-5+. The number of likely N-dealkylation sites (N-methyl/N-ethyl adjacent to an activating group) is 1. The number of carbonyl (C=O) groups is 4. The van der Waals surface area contributed by atoms with E-state index in [1.54, 1.807) is 6.19 Å². The second kappa shape index (κ2) is 9.37. The van der Waals surface area contributed by atoms with Crippen molar-refractivity contribution in [2.45, 2.75) is 69.1 Å². The predicted molar refractivity (Wildman–Crippen MR) is 109 cm³/mol. The Hall–Kier alpha value is -3.09. The highest BCUT2D eigenvalue weighted by Gasteiger charge is 2.61. The monoisotopic (exact) mass is 431 g/mol. The first-order valence-electron chi connectivity index (χ1n) is 10.7. The minimum atomic E-state index is -1.17. The number of nitrogens with one attached hydrogen (secondary N) is 1. The highest BCUT2D eigenvalue weighted by molar-refractivity contribution is 5.98. The van der Waals surface area contributed by atoms with Gasteiger partial charge in [-0.25, -0.2) is 4.79 Å². The smallest absolute Gasteiger partial charge is 0.405 e. The number of allylic oxidation sites excluding steroid dienone is 1. The maximum atomic E-state index is 13.2. The quantitative estimate of drug-likeness (QED) is 0.375. The number of nitrogens with zero attached hydrogens (tertiary/aromatic N) is 3. The Kier molecular flexibility index (Phi) is 6.83. The largest absolute Gasteiger partial charge is 0.436 e. The number of fused-ring (bicyclic) bond motifs is 2. The molecule has 3 rings (SSSR count). The molecule has 2 aliphatic heterocycles. The first kappa shape index (κ1) is 22.6. The van der Waals surface area contributed by atoms with E-state index in [9.17, 15) is 19.2 Å². The summed E-state index contributed by atoms with van der Waals surface area (Å²) < 4.78 is 5.07. The van der Waals surface area contributed by atoms with Crippen LogP contribution in [0.25, 0.3) is 0 Å². The van der Waals surface area contributed by atoms with Crippen LogP contribution < -0.4 is 11.1 Å². The molecule has 1 saturated carbocycles. The molecule has 31 heavy (non-hydrogen) atoms. The van der Waals surface area contributed by atoms with Gasteiger partial charge < -0.3 is 20.7 Å². The van der Waals surface area contributed by atoms with Crippen molar-refractivity contribution in [1.29, 1.82) is 5.26 Å². The fraction of sp³-hybridized carbons (Fsp3) is 0.667. The molecule has 3 aliphatic rings. The molecule has 4 amide bonds. The van der Waals surface area contributed by atoms with Gasteiger partial charge in [-0.05, 0) is 44.9 Å². The lowest BCUT2D eigenvalue weighted by Crippen LogP contribution is -2.56. The zero-order valence-electron chi connectivity index (χ0n) is 17.7. The normalized spacial score (nSPS) is 32.3. The van der Waals surface area contributed by atoms with Crippen LogP contribution in [0.1, 0.15) is 51.4 Å². The summed E-state index contributed by atoms with van der Waals surface area (Å²) in [5.74, 6) is -1.53. The molecule has 0 bridgehead atoms. The van der Waals surface area contributed by atoms with Gasteiger partial charge in [0.2, 0.25) is 5.91 Å². The Bertz CT molecular complexity index is 821. The number of ether oxygens (including phenoxy) is 1. The first-order chi connectivity index (χ1) is 14.8. The zero-order chi connectivity index (χ0) is 22.6. The van der Waals surface area contributed by atoms with Crippen molar-refractivity contribution >= 4 is 23.8 Å². The van der Waals surface area contributed by atoms with Crippen LogP contribution in [0.15, 0.2) is 12.2 Å². The van der Waals surface area contributed by atoms with Crippen molar-refractivity contribution in [3.05, 3.63) is 12.2 Å². The van der Waals surface area contributed by atoms with E-state index in [0.29, 0.717) is 38.6 Å². The topological polar surface area (TPSA) is 146 Å². The van der Waals surface area contributed by atoms with Gasteiger partial charge in [-0.3, -0.25) is 19.3 Å². The molecule has 0 radical (unpaired) electrons. The number of primary amides is 1. The number of rotatable bonds is 2. The highest BCUT2D eigenvalue weighted by Crippen LogP contribution is 2.46. The Morgan fingerprint density at radius 2 is 2.06 bits per heavy atom. The summed E-state index contributed by atoms with van der Waals surface area (Å²) in [7, 11) is 1.37. The maximum absolute atomic E-state index is 13.2. The average molecular weight is 431 g/mol. The molecule has 4 unspecified atom stereocenters. The molecular formula is C21H29N5O5. The van der Waals surface area contributed by atoms with Gasteiger partial charge in [0.05, 0.1) is 0 Å². The summed E-state index contributed by atoms with van der Waals surface area (Å²) in [5.41, 5.74) is 3.99. The summed E-state index contributed by atoms with van der Waals surface area (Å²) in [6.45, 7) is 0.359. The van der Waals surface area contributed by atoms with Gasteiger partial charge in [0.15, 0.2) is 12.3 Å². The van der Waals surface area contributed by atoms with Crippen LogP contribution in [0.2, 0.25) is 0 Å². The molecule has 0 aromatic rings. The van der Waals surface area contributed by atoms with Crippen molar-refractivity contribution in [2.24, 2.45) is 11.7 Å². The van der Waals surface area contributed by atoms with Gasteiger partial charge in [0.25, 0.3) is 11.8 Å². The van der Waals surface area contributed by atoms with E-state index < -0.39 is 41.5 Å². The Balaban J connectivity index is 1.86. The highest BCUT2D eigenvalue weighted by atomic mass is 16.6. The Labute approximate surface area is 181 Å². The van der Waals surface area contributed by atoms with Crippen LogP contribution >= 0.6 is 0 Å². The van der Waals surface area contributed by atoms with Crippen molar-refractivity contribution < 1.29 is 23.9 Å². The lowest BCUT2D eigenvalue weighted by molar-refractivity contribution is -0.146. The van der Waals surface area contributed by atoms with E-state index in [1.807, 2.05) is 12.2 Å². The molecule has 2 fully saturated rings. The fourth-order valence-corrected chi connectivity index (χ4v) is 4.50. The molecule has 10 heteroatoms. The van der Waals surface area contributed by atoms with Crippen LogP contribution in [-0.2, 0) is 19.1 Å². The third kappa shape index (κ3) is 4.81. The fourth-order valence-electron chi connectivity index (χ4n) is 4.50. The van der Waals surface area contributed by atoms with Crippen molar-refractivity contribution in [1.82, 2.24) is 15.1 Å². The lowest BCUT2D eigenvalue weighted by atomic mass is 10.1. The molecule has 2 heterocycles. The van der Waals surface area contributed by atoms with Gasteiger partial charge in [-0.2, -0.15) is 5.26 Å². The second-order valence-electron chi connectivity index (χ2n) is 8.42. The number of hydrogen-bond acceptors (Lipinski definition) is 6. The average Bonchev–Trinajstić information content (AvgIpc) is 3.20. The number of nitriles is 1. The number of carbonyl (C=O) groups excluding carboxylic acids is 4. The molecule has 3 N–H and O–H groups in total. The van der Waals surface area contributed by atoms with E-state index in [4.69, 9.17) is 15.7 Å². The third-order valence-corrected chi connectivity index (χ3v) is 6.28. The number of hydrogen-bond donors (Lipinski definition) is 2. The van der Waals surface area contributed by atoms with E-state index in [-0.39, 0.29) is 5.92 Å². The summed E-state index contributed by atoms with van der Waals surface area (Å²) >= 11 is 0. The molecular weight excluding hydrogens is 402 g/mol. The van der Waals surface area contributed by atoms with Crippen LogP contribution in [0.4, 0.5) is 4.79 Å². The van der Waals surface area contributed by atoms with Gasteiger partial charge >= 0.3 is 6.09 Å². The minimum absolute atomic E-state index is 0.193. The second-order valence-corrected chi connectivity index (χ2v) is 8.42. The molecule has 168 valence electrons. The van der Waals surface area contributed by atoms with Crippen molar-refractivity contribution in [3.8, 4) is 6.19 Å². The molecule has 0 spiro atoms. The molecule has 1 saturated heterocycles. The minimum Gasteiger partial charge on any atom is -0.436 e. The number of nitrogens with two attached hydrogens (primary N) is 1. The molecule has 0 aromatic heterocycles. The molecule has 4 atom stereocenters. The van der Waals surface area contributed by atoms with Gasteiger partial charge in [0.1, 0.15) is 11.6 Å². The summed E-state index contributed by atoms with van der Waals surface area (Å²) in [4.78, 5) is 52.8. The van der Waals surface area contributed by atoms with Crippen LogP contribution in [-0.4, -0.2) is 64.9 Å². The van der Waals surface area contributed by atoms with Crippen molar-refractivity contribution in [3.63, 3.8) is 0 Å². The summed E-state index contributed by atoms with van der Waals surface area (Å²) in [6, 6.07) is -0.765. The van der Waals surface area contributed by atoms with Crippen LogP contribution in [0.5, 0.6) is 0 Å². The van der Waals surface area contributed by atoms with Gasteiger partial charge in [-0.1, -0.05) is 18.6 Å². The SMILES string of the molecule is CN(C#N)C(=O)C12CC1/C=C/CCCCCC(OC(N)=O)C(=O)N1CCCC1C(=O)N2. The predicted octanol–water partition coefficient (Wildman–Crippen LogP) is 0.776. The Morgan fingerprint density at radius 3 is 2.77 bits per heavy atom. The van der Waals surface area contributed by atoms with Crippen LogP contribution in [0, 0.1) is 17.4 Å². The Morgan fingerprint density at radius 1 is 1.29 bits per heavy atom. The third-order valence-electron chi connectivity index (χ3n) is 6.28. The van der Waals surface area contributed by atoms with Crippen LogP contribution in [0.3, 0.4) is 0 Å². The number of amides is 4. The summed E-state index contributed by atoms with van der Waals surface area (Å²) in [6.07, 6.45) is 8.66. The van der Waals surface area contributed by atoms with Gasteiger partial charge in [0, 0.05) is 19.5 Å². The van der Waals surface area contributed by atoms with Crippen molar-refractivity contribution in [2.75, 3.05) is 13.6 Å².